The zero-order valence-electron chi connectivity index (χ0n) is 39.1. The molecule has 3 aromatic carbocycles. The Balaban J connectivity index is 1.36. The van der Waals surface area contributed by atoms with Crippen molar-refractivity contribution in [2.24, 2.45) is 17.2 Å². The molecular weight excluding hydrogens is 871 g/mol. The molecule has 4 atom stereocenters. The fourth-order valence-corrected chi connectivity index (χ4v) is 8.12. The monoisotopic (exact) mass is 931 g/mol. The molecule has 360 valence electrons. The zero-order chi connectivity index (χ0) is 49.1. The van der Waals surface area contributed by atoms with Crippen LogP contribution < -0.4 is 52.7 Å². The lowest BCUT2D eigenvalue weighted by Gasteiger charge is -2.32. The third-order valence-electron chi connectivity index (χ3n) is 12.0. The van der Waals surface area contributed by atoms with E-state index in [1.165, 1.54) is 18.9 Å². The molecule has 0 spiro atoms. The maximum atomic E-state index is 14.8. The molecule has 10 N–H and O–H groups in total. The second-order valence-corrected chi connectivity index (χ2v) is 16.9. The summed E-state index contributed by atoms with van der Waals surface area (Å²) in [7, 11) is 1.41. The van der Waals surface area contributed by atoms with Crippen molar-refractivity contribution >= 4 is 29.5 Å². The van der Waals surface area contributed by atoms with Crippen LogP contribution in [0.2, 0.25) is 0 Å². The van der Waals surface area contributed by atoms with Gasteiger partial charge < -0.3 is 57.6 Å². The van der Waals surface area contributed by atoms with E-state index in [0.717, 1.165) is 30.6 Å². The maximum absolute atomic E-state index is 14.8. The molecule has 0 radical (unpaired) electrons. The number of carbonyl (C=O) groups is 5. The van der Waals surface area contributed by atoms with E-state index in [1.807, 2.05) is 30.3 Å². The summed E-state index contributed by atoms with van der Waals surface area (Å²) in [6, 6.07) is 14.5. The van der Waals surface area contributed by atoms with Gasteiger partial charge in [0.1, 0.15) is 66.8 Å². The summed E-state index contributed by atoms with van der Waals surface area (Å²) in [6.45, 7) is 7.27. The summed E-state index contributed by atoms with van der Waals surface area (Å²) >= 11 is 0. The molecule has 0 saturated heterocycles. The molecule has 4 aromatic rings. The number of nitriles is 1. The molecule has 1 aromatic heterocycles. The van der Waals surface area contributed by atoms with Crippen LogP contribution in [0.4, 0.5) is 0 Å². The number of aryl methyl sites for hydroxylation is 2. The van der Waals surface area contributed by atoms with E-state index in [0.29, 0.717) is 51.0 Å². The van der Waals surface area contributed by atoms with Gasteiger partial charge in [-0.25, -0.2) is 9.97 Å². The Bertz CT molecular complexity index is 2520. The molecule has 1 saturated carbocycles. The summed E-state index contributed by atoms with van der Waals surface area (Å²) in [4.78, 5) is 81.2. The Kier molecular flexibility index (Phi) is 16.7. The average Bonchev–Trinajstić information content (AvgIpc) is 4.10. The summed E-state index contributed by atoms with van der Waals surface area (Å²) in [6.07, 6.45) is 2.98. The van der Waals surface area contributed by atoms with Crippen LogP contribution in [0, 0.1) is 25.2 Å². The minimum absolute atomic E-state index is 0.000748. The molecule has 6 rings (SSSR count). The molecule has 1 aliphatic heterocycles. The number of amides is 5. The molecular formula is C49H61N11O8. The van der Waals surface area contributed by atoms with Crippen molar-refractivity contribution in [1.29, 1.82) is 5.26 Å². The second-order valence-electron chi connectivity index (χ2n) is 16.9. The average molecular weight is 932 g/mol. The van der Waals surface area contributed by atoms with Gasteiger partial charge in [-0.15, -0.1) is 0 Å². The first-order valence-electron chi connectivity index (χ1n) is 22.8. The molecule has 2 heterocycles. The highest BCUT2D eigenvalue weighted by atomic mass is 16.5. The third-order valence-corrected chi connectivity index (χ3v) is 12.0. The van der Waals surface area contributed by atoms with Crippen molar-refractivity contribution in [2.75, 3.05) is 46.4 Å². The van der Waals surface area contributed by atoms with E-state index in [2.05, 4.69) is 38.2 Å². The quantitative estimate of drug-likeness (QED) is 0.0705. The number of nitrogens with zero attached hydrogens (tertiary/aromatic N) is 4. The molecule has 0 unspecified atom stereocenters. The van der Waals surface area contributed by atoms with Crippen molar-refractivity contribution in [3.05, 3.63) is 88.7 Å². The van der Waals surface area contributed by atoms with E-state index in [9.17, 15) is 29.2 Å². The van der Waals surface area contributed by atoms with E-state index in [4.69, 9.17) is 31.4 Å². The van der Waals surface area contributed by atoms with Crippen LogP contribution in [0.15, 0.2) is 60.7 Å². The van der Waals surface area contributed by atoms with Gasteiger partial charge in [0, 0.05) is 43.2 Å². The lowest BCUT2D eigenvalue weighted by Crippen LogP contribution is -2.56. The van der Waals surface area contributed by atoms with Crippen LogP contribution in [-0.4, -0.2) is 115 Å². The number of ether oxygens (including phenoxy) is 3. The van der Waals surface area contributed by atoms with Crippen molar-refractivity contribution in [3.8, 4) is 45.8 Å². The fourth-order valence-electron chi connectivity index (χ4n) is 8.12. The Morgan fingerprint density at radius 3 is 2.12 bits per heavy atom. The number of hydrogen-bond acceptors (Lipinski definition) is 14. The van der Waals surface area contributed by atoms with Gasteiger partial charge in [-0.3, -0.25) is 24.0 Å². The number of likely N-dealkylation sites (N-methyl/N-ethyl adjacent to an activating group) is 1. The van der Waals surface area contributed by atoms with Crippen LogP contribution in [0.3, 0.4) is 0 Å². The van der Waals surface area contributed by atoms with Crippen LogP contribution in [0.5, 0.6) is 17.2 Å². The fraction of sp³-hybridized carbons (Fsp3) is 0.429. The first-order chi connectivity index (χ1) is 32.7. The van der Waals surface area contributed by atoms with Gasteiger partial charge in [-0.1, -0.05) is 19.1 Å². The Morgan fingerprint density at radius 2 is 1.53 bits per heavy atom. The number of hydrogen-bond donors (Lipinski definition) is 7. The predicted octanol–water partition coefficient (Wildman–Crippen LogP) is 2.26. The third kappa shape index (κ3) is 11.9. The molecule has 4 bridgehead atoms. The normalized spacial score (nSPS) is 17.8. The predicted molar refractivity (Wildman–Crippen MR) is 253 cm³/mol. The minimum atomic E-state index is -1.41. The smallest absolute Gasteiger partial charge is 0.255 e. The minimum Gasteiger partial charge on any atom is -0.492 e. The van der Waals surface area contributed by atoms with Crippen molar-refractivity contribution in [1.82, 2.24) is 36.1 Å². The Morgan fingerprint density at radius 1 is 0.897 bits per heavy atom. The number of aromatic nitrogens is 2. The SMILES string of the molecule is CCC1(Oc2ccc(-c3nc(C)c(C(=O)N[C@@H](CCN)C(=O)N(C)[C@@H]4C(=O)N[C@@H](C)C(=O)N[C@H](C(=O)NCC#N)Cc5ccc(OCCN)c(c5)-c5cc4ccc5OCCN)c(C)n3)cc2)CC1. The topological polar surface area (TPSA) is 292 Å². The van der Waals surface area contributed by atoms with Crippen molar-refractivity contribution < 1.29 is 38.2 Å². The number of benzene rings is 3. The van der Waals surface area contributed by atoms with E-state index < -0.39 is 53.7 Å². The van der Waals surface area contributed by atoms with E-state index >= 15 is 0 Å². The maximum Gasteiger partial charge on any atom is 0.255 e. The lowest BCUT2D eigenvalue weighted by atomic mass is 9.93. The summed E-state index contributed by atoms with van der Waals surface area (Å²) in [5.41, 5.74) is 21.2. The van der Waals surface area contributed by atoms with E-state index in [1.54, 1.807) is 50.2 Å². The van der Waals surface area contributed by atoms with Crippen LogP contribution in [-0.2, 0) is 25.6 Å². The molecule has 1 fully saturated rings. The van der Waals surface area contributed by atoms with Gasteiger partial charge in [0.15, 0.2) is 5.82 Å². The Hall–Kier alpha value is -7.14. The number of carbonyl (C=O) groups excluding carboxylic acids is 5. The largest absolute Gasteiger partial charge is 0.492 e. The molecule has 19 heteroatoms. The Labute approximate surface area is 395 Å². The van der Waals surface area contributed by atoms with Gasteiger partial charge in [0.25, 0.3) is 5.91 Å². The zero-order valence-corrected chi connectivity index (χ0v) is 39.1. The van der Waals surface area contributed by atoms with Gasteiger partial charge in [0.05, 0.1) is 23.0 Å². The van der Waals surface area contributed by atoms with Crippen molar-refractivity contribution in [3.63, 3.8) is 0 Å². The van der Waals surface area contributed by atoms with Gasteiger partial charge in [-0.2, -0.15) is 5.26 Å². The molecule has 1 aliphatic carbocycles. The molecule has 68 heavy (non-hydrogen) atoms. The van der Waals surface area contributed by atoms with Crippen LogP contribution in [0.25, 0.3) is 22.5 Å². The van der Waals surface area contributed by atoms with Crippen LogP contribution >= 0.6 is 0 Å². The van der Waals surface area contributed by atoms with E-state index in [-0.39, 0.29) is 63.4 Å². The summed E-state index contributed by atoms with van der Waals surface area (Å²) in [5, 5.41) is 19.9. The number of nitrogens with two attached hydrogens (primary N) is 3. The number of nitrogens with one attached hydrogen (secondary N) is 4. The van der Waals surface area contributed by atoms with Gasteiger partial charge >= 0.3 is 0 Å². The number of fused-ring (bicyclic) bond motifs is 5. The van der Waals surface area contributed by atoms with Gasteiger partial charge in [0.2, 0.25) is 23.6 Å². The number of rotatable bonds is 18. The standard InChI is InChI=1S/C49H61N11O8/c1-6-49(16-17-49)68-34-11-8-32(9-12-34)43-55-28(2)41(29(3)56-43)46(63)58-37(15-18-50)48(65)60(5)42-33-10-14-40(67-24-21-53)36(27-33)35-25-31(7-13-39(35)66-23-20-52)26-38(45(62)54-22-19-51)59-44(61)30(4)57-47(42)64/h7-14,25,27,30,37-38,42H,6,15-18,20-24,26,50,52-53H2,1-5H3,(H,54,62)(H,57,64)(H,58,63)(H,59,61)/t30-,37-,38-,42-/m0/s1. The molecule has 19 nitrogen and oxygen atoms in total. The summed E-state index contributed by atoms with van der Waals surface area (Å²) in [5.74, 6) is -1.43. The molecule has 5 amide bonds. The molecule has 2 aliphatic rings. The van der Waals surface area contributed by atoms with Crippen molar-refractivity contribution in [2.45, 2.75) is 89.6 Å². The summed E-state index contributed by atoms with van der Waals surface area (Å²) < 4.78 is 18.4. The van der Waals surface area contributed by atoms with Crippen LogP contribution in [0.1, 0.15) is 78.4 Å². The lowest BCUT2D eigenvalue weighted by molar-refractivity contribution is -0.141. The van der Waals surface area contributed by atoms with Gasteiger partial charge in [-0.05, 0) is 113 Å². The highest BCUT2D eigenvalue weighted by molar-refractivity contribution is 6.00. The first-order valence-corrected chi connectivity index (χ1v) is 22.8. The highest BCUT2D eigenvalue weighted by Gasteiger charge is 2.43. The first kappa shape index (κ1) is 50.3. The second kappa shape index (κ2) is 22.6. The highest BCUT2D eigenvalue weighted by Crippen LogP contribution is 2.43.